The standard InChI is InChI=1S/C14H22O3/c1-2-16-13-7-9-14(10-8-13)17-12-6-4-3-5-11-15/h7-10,15H,2-6,11-12H2,1H3. The number of benzene rings is 1. The van der Waals surface area contributed by atoms with Crippen molar-refractivity contribution in [1.82, 2.24) is 0 Å². The molecule has 1 N–H and O–H groups in total. The molecule has 0 atom stereocenters. The lowest BCUT2D eigenvalue weighted by atomic mass is 10.2. The van der Waals surface area contributed by atoms with E-state index in [1.165, 1.54) is 0 Å². The highest BCUT2D eigenvalue weighted by atomic mass is 16.5. The van der Waals surface area contributed by atoms with E-state index in [-0.39, 0.29) is 0 Å². The van der Waals surface area contributed by atoms with Crippen LogP contribution in [0.25, 0.3) is 0 Å². The first-order valence-corrected chi connectivity index (χ1v) is 6.33. The van der Waals surface area contributed by atoms with Crippen LogP contribution in [0, 0.1) is 0 Å². The molecule has 1 aromatic carbocycles. The van der Waals surface area contributed by atoms with Crippen LogP contribution >= 0.6 is 0 Å². The monoisotopic (exact) mass is 238 g/mol. The Kier molecular flexibility index (Phi) is 7.23. The van der Waals surface area contributed by atoms with Gasteiger partial charge in [0, 0.05) is 6.61 Å². The van der Waals surface area contributed by atoms with Crippen LogP contribution in [0.4, 0.5) is 0 Å². The van der Waals surface area contributed by atoms with Crippen molar-refractivity contribution in [3.63, 3.8) is 0 Å². The first kappa shape index (κ1) is 13.8. The molecule has 0 bridgehead atoms. The smallest absolute Gasteiger partial charge is 0.119 e. The first-order chi connectivity index (χ1) is 8.36. The fraction of sp³-hybridized carbons (Fsp3) is 0.571. The number of aliphatic hydroxyl groups is 1. The van der Waals surface area contributed by atoms with Gasteiger partial charge in [-0.3, -0.25) is 0 Å². The van der Waals surface area contributed by atoms with Crippen LogP contribution in [-0.4, -0.2) is 24.9 Å². The molecule has 1 rings (SSSR count). The zero-order chi connectivity index (χ0) is 12.3. The van der Waals surface area contributed by atoms with Gasteiger partial charge in [0.1, 0.15) is 11.5 Å². The number of hydrogen-bond acceptors (Lipinski definition) is 3. The SMILES string of the molecule is CCOc1ccc(OCCCCCCO)cc1. The molecule has 96 valence electrons. The van der Waals surface area contributed by atoms with E-state index in [1.807, 2.05) is 31.2 Å². The van der Waals surface area contributed by atoms with Crippen LogP contribution in [0.15, 0.2) is 24.3 Å². The fourth-order valence-corrected chi connectivity index (χ4v) is 1.56. The molecule has 0 saturated heterocycles. The Morgan fingerprint density at radius 3 is 2.06 bits per heavy atom. The summed E-state index contributed by atoms with van der Waals surface area (Å²) in [7, 11) is 0. The molecule has 0 aromatic heterocycles. The third-order valence-electron chi connectivity index (χ3n) is 2.46. The zero-order valence-corrected chi connectivity index (χ0v) is 10.5. The van der Waals surface area contributed by atoms with Crippen molar-refractivity contribution in [2.75, 3.05) is 19.8 Å². The molecule has 0 heterocycles. The third kappa shape index (κ3) is 6.17. The lowest BCUT2D eigenvalue weighted by Crippen LogP contribution is -1.98. The molecule has 0 aliphatic heterocycles. The average Bonchev–Trinajstić information content (AvgIpc) is 2.36. The van der Waals surface area contributed by atoms with Gasteiger partial charge in [0.15, 0.2) is 0 Å². The molecule has 0 spiro atoms. The highest BCUT2D eigenvalue weighted by molar-refractivity contribution is 5.31. The summed E-state index contributed by atoms with van der Waals surface area (Å²) in [5.41, 5.74) is 0. The van der Waals surface area contributed by atoms with E-state index in [0.717, 1.165) is 43.8 Å². The second-order valence-corrected chi connectivity index (χ2v) is 3.89. The van der Waals surface area contributed by atoms with Crippen molar-refractivity contribution in [1.29, 1.82) is 0 Å². The Balaban J connectivity index is 2.14. The van der Waals surface area contributed by atoms with Gasteiger partial charge in [0.05, 0.1) is 13.2 Å². The molecule has 17 heavy (non-hydrogen) atoms. The largest absolute Gasteiger partial charge is 0.494 e. The van der Waals surface area contributed by atoms with Crippen LogP contribution in [0.5, 0.6) is 11.5 Å². The Morgan fingerprint density at radius 1 is 0.882 bits per heavy atom. The second kappa shape index (κ2) is 8.88. The highest BCUT2D eigenvalue weighted by Gasteiger charge is 1.96. The van der Waals surface area contributed by atoms with Crippen molar-refractivity contribution >= 4 is 0 Å². The van der Waals surface area contributed by atoms with Gasteiger partial charge in [0.2, 0.25) is 0 Å². The average molecular weight is 238 g/mol. The summed E-state index contributed by atoms with van der Waals surface area (Å²) in [4.78, 5) is 0. The third-order valence-corrected chi connectivity index (χ3v) is 2.46. The van der Waals surface area contributed by atoms with Gasteiger partial charge in [0.25, 0.3) is 0 Å². The predicted octanol–water partition coefficient (Wildman–Crippen LogP) is 3.02. The number of ether oxygens (including phenoxy) is 2. The van der Waals surface area contributed by atoms with Crippen LogP contribution < -0.4 is 9.47 Å². The summed E-state index contributed by atoms with van der Waals surface area (Å²) in [6.07, 6.45) is 4.11. The molecule has 1 aromatic rings. The van der Waals surface area contributed by atoms with Crippen molar-refractivity contribution in [2.24, 2.45) is 0 Å². The summed E-state index contributed by atoms with van der Waals surface area (Å²) in [5.74, 6) is 1.76. The molecule has 0 fully saturated rings. The van der Waals surface area contributed by atoms with Crippen molar-refractivity contribution in [3.8, 4) is 11.5 Å². The molecule has 0 saturated carbocycles. The van der Waals surface area contributed by atoms with Gasteiger partial charge in [-0.1, -0.05) is 6.42 Å². The second-order valence-electron chi connectivity index (χ2n) is 3.89. The van der Waals surface area contributed by atoms with Crippen LogP contribution in [0.3, 0.4) is 0 Å². The van der Waals surface area contributed by atoms with Gasteiger partial charge in [-0.2, -0.15) is 0 Å². The molecular formula is C14H22O3. The van der Waals surface area contributed by atoms with E-state index in [9.17, 15) is 0 Å². The normalized spacial score (nSPS) is 10.2. The Hall–Kier alpha value is -1.22. The van der Waals surface area contributed by atoms with E-state index < -0.39 is 0 Å². The number of aliphatic hydroxyl groups excluding tert-OH is 1. The minimum atomic E-state index is 0.291. The topological polar surface area (TPSA) is 38.7 Å². The summed E-state index contributed by atoms with van der Waals surface area (Å²) in [5, 5.41) is 8.63. The fourth-order valence-electron chi connectivity index (χ4n) is 1.56. The minimum absolute atomic E-state index is 0.291. The summed E-state index contributed by atoms with van der Waals surface area (Å²) >= 11 is 0. The maximum atomic E-state index is 8.63. The van der Waals surface area contributed by atoms with Gasteiger partial charge in [-0.05, 0) is 50.5 Å². The molecule has 0 amide bonds. The number of rotatable bonds is 9. The molecule has 0 unspecified atom stereocenters. The Labute approximate surface area is 103 Å². The van der Waals surface area contributed by atoms with E-state index in [0.29, 0.717) is 13.2 Å². The zero-order valence-electron chi connectivity index (χ0n) is 10.5. The van der Waals surface area contributed by atoms with E-state index in [4.69, 9.17) is 14.6 Å². The quantitative estimate of drug-likeness (QED) is 0.672. The maximum Gasteiger partial charge on any atom is 0.119 e. The molecule has 0 aliphatic rings. The summed E-state index contributed by atoms with van der Waals surface area (Å²) < 4.78 is 11.0. The van der Waals surface area contributed by atoms with Crippen LogP contribution in [-0.2, 0) is 0 Å². The van der Waals surface area contributed by atoms with Gasteiger partial charge in [-0.15, -0.1) is 0 Å². The van der Waals surface area contributed by atoms with E-state index in [1.54, 1.807) is 0 Å². The molecule has 0 aliphatic carbocycles. The van der Waals surface area contributed by atoms with Crippen molar-refractivity contribution < 1.29 is 14.6 Å². The summed E-state index contributed by atoms with van der Waals surface area (Å²) in [6, 6.07) is 7.70. The summed E-state index contributed by atoms with van der Waals surface area (Å²) in [6.45, 7) is 3.68. The first-order valence-electron chi connectivity index (χ1n) is 6.33. The molecule has 3 nitrogen and oxygen atoms in total. The Bertz CT molecular complexity index is 282. The highest BCUT2D eigenvalue weighted by Crippen LogP contribution is 2.17. The van der Waals surface area contributed by atoms with E-state index in [2.05, 4.69) is 0 Å². The minimum Gasteiger partial charge on any atom is -0.494 e. The maximum absolute atomic E-state index is 8.63. The Morgan fingerprint density at radius 2 is 1.47 bits per heavy atom. The molecule has 0 radical (unpaired) electrons. The lowest BCUT2D eigenvalue weighted by Gasteiger charge is -2.07. The number of hydrogen-bond donors (Lipinski definition) is 1. The van der Waals surface area contributed by atoms with Crippen LogP contribution in [0.2, 0.25) is 0 Å². The van der Waals surface area contributed by atoms with E-state index >= 15 is 0 Å². The van der Waals surface area contributed by atoms with Gasteiger partial charge >= 0.3 is 0 Å². The van der Waals surface area contributed by atoms with Crippen molar-refractivity contribution in [2.45, 2.75) is 32.6 Å². The molecule has 3 heteroatoms. The van der Waals surface area contributed by atoms with Crippen LogP contribution in [0.1, 0.15) is 32.6 Å². The number of unbranched alkanes of at least 4 members (excludes halogenated alkanes) is 3. The molecular weight excluding hydrogens is 216 g/mol. The lowest BCUT2D eigenvalue weighted by molar-refractivity contribution is 0.273. The van der Waals surface area contributed by atoms with Gasteiger partial charge in [-0.25, -0.2) is 0 Å². The predicted molar refractivity (Wildman–Crippen MR) is 68.7 cm³/mol. The van der Waals surface area contributed by atoms with Gasteiger partial charge < -0.3 is 14.6 Å². The van der Waals surface area contributed by atoms with Crippen molar-refractivity contribution in [3.05, 3.63) is 24.3 Å².